The molecule has 1 spiro atoms. The van der Waals surface area contributed by atoms with Crippen LogP contribution in [0, 0.1) is 0 Å². The van der Waals surface area contributed by atoms with E-state index in [0.717, 1.165) is 0 Å². The molecule has 2 heterocycles. The highest BCUT2D eigenvalue weighted by Gasteiger charge is 2.54. The molecular weight excluding hydrogens is 578 g/mol. The number of ketones is 2. The van der Waals surface area contributed by atoms with Crippen molar-refractivity contribution in [1.29, 1.82) is 0 Å². The number of ether oxygens (including phenoxy) is 2. The molecule has 0 radical (unpaired) electrons. The van der Waals surface area contributed by atoms with Gasteiger partial charge in [-0.15, -0.1) is 11.6 Å². The Morgan fingerprint density at radius 3 is 2.14 bits per heavy atom. The summed E-state index contributed by atoms with van der Waals surface area (Å²) < 4.78 is 12.1. The molecule has 0 aromatic heterocycles. The maximum absolute atomic E-state index is 13.8. The Morgan fingerprint density at radius 2 is 1.53 bits per heavy atom. The van der Waals surface area contributed by atoms with Gasteiger partial charge >= 0.3 is 11.9 Å². The standard InChI is InChI=1S/C32H22ClNO9/c33-14-25(37)29(38)24(34)9-15-2-1-3-16(8-15)20-10-17(30(39)40)11-23-28(20)31(41)43-32(23)21-6-4-18(35)12-26(21)42-27-13-19(36)5-7-22(27)32/h1-8,10-13,24,35-36H,9,14,34H2,(H,39,40)/t24-/m0/s1. The summed E-state index contributed by atoms with van der Waals surface area (Å²) >= 11 is 5.50. The highest BCUT2D eigenvalue weighted by molar-refractivity contribution is 6.48. The first-order valence-corrected chi connectivity index (χ1v) is 13.5. The van der Waals surface area contributed by atoms with Gasteiger partial charge in [0.05, 0.1) is 23.0 Å². The third kappa shape index (κ3) is 4.48. The van der Waals surface area contributed by atoms with Crippen molar-refractivity contribution in [2.24, 2.45) is 5.73 Å². The van der Waals surface area contributed by atoms with E-state index in [2.05, 4.69) is 0 Å². The minimum atomic E-state index is -1.68. The van der Waals surface area contributed by atoms with Gasteiger partial charge in [-0.3, -0.25) is 9.59 Å². The average molecular weight is 600 g/mol. The van der Waals surface area contributed by atoms with Crippen molar-refractivity contribution in [3.8, 4) is 34.1 Å². The SMILES string of the molecule is N[C@@H](Cc1cccc(-c2cc(C(=O)O)cc3c2C(=O)OC32c3ccc(O)cc3Oc3cc(O)ccc32)c1)C(=O)C(=O)CCl. The van der Waals surface area contributed by atoms with E-state index in [-0.39, 0.29) is 51.7 Å². The smallest absolute Gasteiger partial charge is 0.340 e. The monoisotopic (exact) mass is 599 g/mol. The summed E-state index contributed by atoms with van der Waals surface area (Å²) in [6.07, 6.45) is -0.00439. The molecule has 0 aliphatic carbocycles. The largest absolute Gasteiger partial charge is 0.508 e. The second kappa shape index (κ2) is 10.3. The van der Waals surface area contributed by atoms with Gasteiger partial charge in [-0.25, -0.2) is 9.59 Å². The summed E-state index contributed by atoms with van der Waals surface area (Å²) in [5.41, 5.74) is 6.41. The quantitative estimate of drug-likeness (QED) is 0.136. The first kappa shape index (κ1) is 28.0. The van der Waals surface area contributed by atoms with E-state index in [1.807, 2.05) is 0 Å². The van der Waals surface area contributed by atoms with Crippen LogP contribution in [0.4, 0.5) is 0 Å². The summed E-state index contributed by atoms with van der Waals surface area (Å²) in [4.78, 5) is 50.2. The number of phenolic OH excluding ortho intramolecular Hbond substituents is 2. The van der Waals surface area contributed by atoms with Crippen LogP contribution in [0.1, 0.15) is 43.0 Å². The molecule has 2 aliphatic rings. The molecule has 0 saturated carbocycles. The van der Waals surface area contributed by atoms with E-state index in [4.69, 9.17) is 26.8 Å². The molecule has 0 saturated heterocycles. The topological polar surface area (TPSA) is 173 Å². The van der Waals surface area contributed by atoms with Gasteiger partial charge in [0.15, 0.2) is 5.60 Å². The molecule has 0 amide bonds. The van der Waals surface area contributed by atoms with Gasteiger partial charge in [0, 0.05) is 28.8 Å². The van der Waals surface area contributed by atoms with Crippen molar-refractivity contribution in [2.45, 2.75) is 18.1 Å². The second-order valence-corrected chi connectivity index (χ2v) is 10.5. The molecule has 4 aromatic rings. The highest BCUT2D eigenvalue weighted by Crippen LogP contribution is 2.58. The molecule has 0 bridgehead atoms. The molecule has 10 nitrogen and oxygen atoms in total. The third-order valence-electron chi connectivity index (χ3n) is 7.55. The number of hydrogen-bond donors (Lipinski definition) is 4. The van der Waals surface area contributed by atoms with E-state index in [9.17, 15) is 34.5 Å². The van der Waals surface area contributed by atoms with Crippen LogP contribution in [0.5, 0.6) is 23.0 Å². The van der Waals surface area contributed by atoms with Crippen LogP contribution in [0.3, 0.4) is 0 Å². The molecule has 4 aromatic carbocycles. The molecule has 0 fully saturated rings. The Balaban J connectivity index is 1.57. The van der Waals surface area contributed by atoms with Gasteiger partial charge in [-0.1, -0.05) is 24.3 Å². The van der Waals surface area contributed by atoms with Gasteiger partial charge in [0.1, 0.15) is 23.0 Å². The minimum absolute atomic E-state index is 0.00439. The fourth-order valence-electron chi connectivity index (χ4n) is 5.66. The van der Waals surface area contributed by atoms with E-state index in [0.29, 0.717) is 22.3 Å². The van der Waals surface area contributed by atoms with Crippen molar-refractivity contribution < 1.29 is 44.0 Å². The van der Waals surface area contributed by atoms with Gasteiger partial charge in [0.2, 0.25) is 11.6 Å². The lowest BCUT2D eigenvalue weighted by Crippen LogP contribution is -2.38. The lowest BCUT2D eigenvalue weighted by Gasteiger charge is -2.36. The van der Waals surface area contributed by atoms with Crippen LogP contribution in [0.2, 0.25) is 0 Å². The molecule has 43 heavy (non-hydrogen) atoms. The van der Waals surface area contributed by atoms with Gasteiger partial charge in [0.25, 0.3) is 0 Å². The number of nitrogens with two attached hydrogens (primary N) is 1. The number of carboxylic acids is 1. The summed E-state index contributed by atoms with van der Waals surface area (Å²) in [5.74, 6) is -4.05. The minimum Gasteiger partial charge on any atom is -0.508 e. The average Bonchev–Trinajstić information content (AvgIpc) is 3.27. The van der Waals surface area contributed by atoms with Crippen LogP contribution in [0.25, 0.3) is 11.1 Å². The Kier molecular flexibility index (Phi) is 6.67. The van der Waals surface area contributed by atoms with E-state index in [1.165, 1.54) is 48.5 Å². The van der Waals surface area contributed by atoms with E-state index < -0.39 is 41.0 Å². The number of carboxylic acid groups (broad SMARTS) is 1. The first-order valence-electron chi connectivity index (χ1n) is 13.0. The number of aromatic carboxylic acids is 1. The van der Waals surface area contributed by atoms with Crippen molar-refractivity contribution in [3.05, 3.63) is 106 Å². The Hall–Kier alpha value is -5.19. The summed E-state index contributed by atoms with van der Waals surface area (Å²) in [7, 11) is 0. The number of hydrogen-bond acceptors (Lipinski definition) is 9. The van der Waals surface area contributed by atoms with Crippen molar-refractivity contribution in [3.63, 3.8) is 0 Å². The Labute approximate surface area is 248 Å². The first-order chi connectivity index (χ1) is 20.5. The summed E-state index contributed by atoms with van der Waals surface area (Å²) in [6, 6.07) is 16.8. The van der Waals surface area contributed by atoms with Gasteiger partial charge < -0.3 is 30.5 Å². The van der Waals surface area contributed by atoms with Crippen LogP contribution >= 0.6 is 11.6 Å². The van der Waals surface area contributed by atoms with Crippen LogP contribution < -0.4 is 10.5 Å². The number of Topliss-reactive ketones (excluding diaryl/α,β-unsaturated/α-hetero) is 2. The van der Waals surface area contributed by atoms with Crippen molar-refractivity contribution in [2.75, 3.05) is 5.88 Å². The summed E-state index contributed by atoms with van der Waals surface area (Å²) in [6.45, 7) is 0. The molecule has 0 unspecified atom stereocenters. The molecular formula is C32H22ClNO9. The van der Waals surface area contributed by atoms with Gasteiger partial charge in [-0.2, -0.15) is 0 Å². The van der Waals surface area contributed by atoms with Crippen molar-refractivity contribution in [1.82, 2.24) is 0 Å². The van der Waals surface area contributed by atoms with Crippen LogP contribution in [-0.4, -0.2) is 50.7 Å². The zero-order valence-electron chi connectivity index (χ0n) is 22.2. The maximum Gasteiger partial charge on any atom is 0.340 e. The number of rotatable bonds is 7. The Morgan fingerprint density at radius 1 is 0.884 bits per heavy atom. The van der Waals surface area contributed by atoms with Crippen molar-refractivity contribution >= 4 is 35.1 Å². The fourth-order valence-corrected chi connectivity index (χ4v) is 5.79. The molecule has 1 atom stereocenters. The van der Waals surface area contributed by atoms with E-state index in [1.54, 1.807) is 24.3 Å². The fraction of sp³-hybridized carbons (Fsp3) is 0.125. The Bertz CT molecular complexity index is 1830. The zero-order valence-corrected chi connectivity index (χ0v) is 22.9. The number of esters is 1. The number of fused-ring (bicyclic) bond motifs is 6. The molecule has 2 aliphatic heterocycles. The number of phenols is 2. The predicted octanol–water partition coefficient (Wildman–Crippen LogP) is 4.28. The molecule has 5 N–H and O–H groups in total. The van der Waals surface area contributed by atoms with Gasteiger partial charge in [-0.05, 0) is 59.5 Å². The lowest BCUT2D eigenvalue weighted by molar-refractivity contribution is -0.135. The molecule has 11 heteroatoms. The highest BCUT2D eigenvalue weighted by atomic mass is 35.5. The number of carbonyl (C=O) groups excluding carboxylic acids is 3. The second-order valence-electron chi connectivity index (χ2n) is 10.2. The number of carbonyl (C=O) groups is 4. The van der Waals surface area contributed by atoms with Crippen LogP contribution in [0.15, 0.2) is 72.8 Å². The predicted molar refractivity (Wildman–Crippen MR) is 153 cm³/mol. The number of benzene rings is 4. The normalized spacial score (nSPS) is 14.6. The van der Waals surface area contributed by atoms with E-state index >= 15 is 0 Å². The summed E-state index contributed by atoms with van der Waals surface area (Å²) in [5, 5.41) is 30.5. The number of halogens is 1. The van der Waals surface area contributed by atoms with Crippen LogP contribution in [-0.2, 0) is 26.3 Å². The maximum atomic E-state index is 13.8. The lowest BCUT2D eigenvalue weighted by atomic mass is 9.76. The number of aromatic hydroxyl groups is 2. The third-order valence-corrected chi connectivity index (χ3v) is 7.79. The number of alkyl halides is 1. The molecule has 216 valence electrons. The zero-order chi connectivity index (χ0) is 30.6. The molecule has 6 rings (SSSR count).